The van der Waals surface area contributed by atoms with Crippen molar-refractivity contribution in [1.82, 2.24) is 0 Å². The molecule has 2 N–H and O–H groups in total. The number of anilines is 1. The van der Waals surface area contributed by atoms with Gasteiger partial charge in [0.25, 0.3) is 5.82 Å². The number of rotatable bonds is 0. The lowest BCUT2D eigenvalue weighted by Gasteiger charge is -2.19. The molecule has 0 aliphatic carbocycles. The first-order valence-corrected chi connectivity index (χ1v) is 5.38. The van der Waals surface area contributed by atoms with Crippen molar-refractivity contribution in [2.75, 3.05) is 5.32 Å². The van der Waals surface area contributed by atoms with E-state index in [2.05, 4.69) is 29.1 Å². The van der Waals surface area contributed by atoms with Gasteiger partial charge in [-0.25, -0.2) is 9.98 Å². The number of fused-ring (bicyclic) bond motifs is 1. The summed E-state index contributed by atoms with van der Waals surface area (Å²) >= 11 is 5.92. The fraction of sp³-hybridized carbons (Fsp3) is 0.455. The number of nitrogens with zero attached hydrogens (tertiary/aromatic N) is 1. The van der Waals surface area contributed by atoms with Crippen LogP contribution in [0.4, 0.5) is 11.5 Å². The molecule has 1 aliphatic rings. The topological polar surface area (TPSA) is 38.5 Å². The monoisotopic (exact) mass is 259 g/mol. The van der Waals surface area contributed by atoms with E-state index < -0.39 is 0 Å². The highest BCUT2D eigenvalue weighted by atomic mass is 35.5. The number of halogens is 2. The number of H-pyrrole nitrogens is 1. The highest BCUT2D eigenvalue weighted by Gasteiger charge is 2.29. The molecule has 88 valence electrons. The zero-order valence-corrected chi connectivity index (χ0v) is 11.1. The largest absolute Gasteiger partial charge is 1.00 e. The molecule has 0 bridgehead atoms. The second kappa shape index (κ2) is 4.60. The van der Waals surface area contributed by atoms with Gasteiger partial charge in [0.2, 0.25) is 0 Å². The molecule has 0 unspecified atom stereocenters. The summed E-state index contributed by atoms with van der Waals surface area (Å²) in [7, 11) is 0. The molecule has 5 heteroatoms. The first-order chi connectivity index (χ1) is 6.96. The van der Waals surface area contributed by atoms with E-state index in [4.69, 9.17) is 11.6 Å². The smallest absolute Gasteiger partial charge is 0.300 e. The number of aromatic amines is 1. The quantitative estimate of drug-likeness (QED) is 0.647. The minimum absolute atomic E-state index is 0. The Bertz CT molecular complexity index is 427. The van der Waals surface area contributed by atoms with Gasteiger partial charge in [0.1, 0.15) is 5.54 Å². The first kappa shape index (κ1) is 13.3. The first-order valence-electron chi connectivity index (χ1n) is 5.00. The summed E-state index contributed by atoms with van der Waals surface area (Å²) in [6, 6.07) is 3.74. The highest BCUT2D eigenvalue weighted by molar-refractivity contribution is 6.28. The van der Waals surface area contributed by atoms with Crippen molar-refractivity contribution in [3.05, 3.63) is 17.3 Å². The Hall–Kier alpha value is -0.800. The van der Waals surface area contributed by atoms with Crippen LogP contribution in [0.25, 0.3) is 0 Å². The number of hydrogen-bond donors (Lipinski definition) is 1. The highest BCUT2D eigenvalue weighted by Crippen LogP contribution is 2.29. The van der Waals surface area contributed by atoms with Crippen molar-refractivity contribution in [2.24, 2.45) is 4.99 Å². The van der Waals surface area contributed by atoms with Gasteiger partial charge in [-0.3, -0.25) is 5.32 Å². The number of pyridine rings is 1. The molecule has 16 heavy (non-hydrogen) atoms. The number of aromatic nitrogens is 1. The van der Waals surface area contributed by atoms with Gasteiger partial charge in [0.15, 0.2) is 10.8 Å². The predicted octanol–water partition coefficient (Wildman–Crippen LogP) is -0.155. The van der Waals surface area contributed by atoms with Gasteiger partial charge in [-0.1, -0.05) is 0 Å². The summed E-state index contributed by atoms with van der Waals surface area (Å²) in [5, 5.41) is 4.03. The van der Waals surface area contributed by atoms with Crippen LogP contribution in [-0.4, -0.2) is 11.3 Å². The molecule has 1 aromatic rings. The van der Waals surface area contributed by atoms with E-state index >= 15 is 0 Å². The molecule has 0 spiro atoms. The molecule has 0 aromatic carbocycles. The minimum atomic E-state index is 0. The average Bonchev–Trinajstić information content (AvgIpc) is 2.17. The van der Waals surface area contributed by atoms with Crippen molar-refractivity contribution < 1.29 is 17.4 Å². The third kappa shape index (κ3) is 2.86. The fourth-order valence-corrected chi connectivity index (χ4v) is 2.07. The summed E-state index contributed by atoms with van der Waals surface area (Å²) in [5.74, 6) is 0.893. The zero-order chi connectivity index (χ0) is 11.1. The zero-order valence-electron chi connectivity index (χ0n) is 9.56. The van der Waals surface area contributed by atoms with Gasteiger partial charge in [-0.2, -0.15) is 0 Å². The normalized spacial score (nSPS) is 17.4. The molecule has 3 nitrogen and oxygen atoms in total. The molecular weight excluding hydrogens is 245 g/mol. The van der Waals surface area contributed by atoms with Gasteiger partial charge in [-0.05, 0) is 44.5 Å². The van der Waals surface area contributed by atoms with E-state index in [0.29, 0.717) is 5.15 Å². The average molecular weight is 260 g/mol. The second-order valence-electron chi connectivity index (χ2n) is 4.60. The maximum absolute atomic E-state index is 5.92. The van der Waals surface area contributed by atoms with Crippen molar-refractivity contribution in [3.8, 4) is 0 Å². The van der Waals surface area contributed by atoms with Crippen molar-refractivity contribution in [3.63, 3.8) is 0 Å². The third-order valence-electron chi connectivity index (χ3n) is 2.36. The van der Waals surface area contributed by atoms with E-state index in [1.165, 1.54) is 0 Å². The Kier molecular flexibility index (Phi) is 3.81. The van der Waals surface area contributed by atoms with Crippen molar-refractivity contribution in [1.29, 1.82) is 0 Å². The molecule has 0 atom stereocenters. The van der Waals surface area contributed by atoms with E-state index in [9.17, 15) is 0 Å². The second-order valence-corrected chi connectivity index (χ2v) is 5.01. The summed E-state index contributed by atoms with van der Waals surface area (Å²) in [6.45, 7) is 6.35. The standard InChI is InChI=1S/C11H14ClN3.ClH/c1-7-6-11(2,3)15-10-8(13-7)4-5-9(12)14-10;/h4-5H,6H2,1-3H3,(H,14,15);1H. The van der Waals surface area contributed by atoms with Gasteiger partial charge in [0, 0.05) is 12.1 Å². The van der Waals surface area contributed by atoms with Gasteiger partial charge >= 0.3 is 0 Å². The van der Waals surface area contributed by atoms with Crippen molar-refractivity contribution in [2.45, 2.75) is 32.7 Å². The molecule has 1 aliphatic heterocycles. The molecular formula is C11H15Cl2N3. The van der Waals surface area contributed by atoms with Crippen LogP contribution >= 0.6 is 11.6 Å². The van der Waals surface area contributed by atoms with E-state index in [0.717, 1.165) is 23.6 Å². The number of hydrogen-bond acceptors (Lipinski definition) is 2. The molecule has 0 saturated carbocycles. The molecule has 0 radical (unpaired) electrons. The molecule has 0 amide bonds. The SMILES string of the molecule is CC1=Nc2ccc(Cl)[nH+]c2NC(C)(C)C1.[Cl-]. The predicted molar refractivity (Wildman–Crippen MR) is 63.1 cm³/mol. The van der Waals surface area contributed by atoms with E-state index in [1.54, 1.807) is 0 Å². The third-order valence-corrected chi connectivity index (χ3v) is 2.58. The van der Waals surface area contributed by atoms with Crippen LogP contribution in [0.5, 0.6) is 0 Å². The van der Waals surface area contributed by atoms with Crippen molar-refractivity contribution >= 4 is 28.8 Å². The Morgan fingerprint density at radius 3 is 2.81 bits per heavy atom. The van der Waals surface area contributed by atoms with Crippen LogP contribution in [0.2, 0.25) is 5.15 Å². The maximum atomic E-state index is 5.92. The number of nitrogens with one attached hydrogen (secondary N) is 2. The molecule has 0 saturated heterocycles. The van der Waals surface area contributed by atoms with Crippen LogP contribution in [0.1, 0.15) is 27.2 Å². The Morgan fingerprint density at radius 2 is 2.12 bits per heavy atom. The van der Waals surface area contributed by atoms with Gasteiger partial charge in [-0.15, -0.1) is 0 Å². The minimum Gasteiger partial charge on any atom is -1.00 e. The van der Waals surface area contributed by atoms with Crippen LogP contribution in [0.3, 0.4) is 0 Å². The van der Waals surface area contributed by atoms with E-state index in [-0.39, 0.29) is 17.9 Å². The summed E-state index contributed by atoms with van der Waals surface area (Å²) < 4.78 is 0. The summed E-state index contributed by atoms with van der Waals surface area (Å²) in [5.41, 5.74) is 2.05. The molecule has 2 heterocycles. The summed E-state index contributed by atoms with van der Waals surface area (Å²) in [6.07, 6.45) is 0.924. The lowest BCUT2D eigenvalue weighted by Crippen LogP contribution is -3.00. The van der Waals surface area contributed by atoms with Crippen LogP contribution in [-0.2, 0) is 0 Å². The van der Waals surface area contributed by atoms with Gasteiger partial charge < -0.3 is 12.4 Å². The Labute approximate surface area is 107 Å². The lowest BCUT2D eigenvalue weighted by atomic mass is 9.98. The molecule has 1 aromatic heterocycles. The van der Waals surface area contributed by atoms with Crippen LogP contribution < -0.4 is 22.7 Å². The number of aliphatic imine (C=N–C) groups is 1. The fourth-order valence-electron chi connectivity index (χ4n) is 1.92. The Morgan fingerprint density at radius 1 is 1.44 bits per heavy atom. The van der Waals surface area contributed by atoms with Crippen LogP contribution in [0, 0.1) is 0 Å². The maximum Gasteiger partial charge on any atom is 0.300 e. The van der Waals surface area contributed by atoms with Gasteiger partial charge in [0.05, 0.1) is 0 Å². The molecule has 2 rings (SSSR count). The summed E-state index contributed by atoms with van der Waals surface area (Å²) in [4.78, 5) is 7.63. The molecule has 0 fully saturated rings. The lowest BCUT2D eigenvalue weighted by molar-refractivity contribution is -0.358. The Balaban J connectivity index is 0.00000128. The van der Waals surface area contributed by atoms with Crippen LogP contribution in [0.15, 0.2) is 17.1 Å². The van der Waals surface area contributed by atoms with E-state index in [1.807, 2.05) is 19.1 Å².